The number of piperidine rings is 1. The fraction of sp³-hybridized carbons (Fsp3) is 0.435. The predicted molar refractivity (Wildman–Crippen MR) is 115 cm³/mol. The van der Waals surface area contributed by atoms with Crippen molar-refractivity contribution in [2.45, 2.75) is 50.8 Å². The maximum absolute atomic E-state index is 13.4. The van der Waals surface area contributed by atoms with Crippen LogP contribution < -0.4 is 4.90 Å². The topological polar surface area (TPSA) is 57.7 Å². The molecule has 0 bridgehead atoms. The molecular weight excluding hydrogens is 384 g/mol. The summed E-state index contributed by atoms with van der Waals surface area (Å²) in [7, 11) is -3.57. The molecule has 0 saturated carbocycles. The monoisotopic (exact) mass is 412 g/mol. The largest absolute Gasteiger partial charge is 0.308 e. The van der Waals surface area contributed by atoms with Crippen LogP contribution in [0.1, 0.15) is 52.7 Å². The number of sulfonamides is 1. The van der Waals surface area contributed by atoms with Crippen molar-refractivity contribution in [2.24, 2.45) is 0 Å². The van der Waals surface area contributed by atoms with Gasteiger partial charge in [-0.1, -0.05) is 30.2 Å². The Morgan fingerprint density at radius 1 is 0.897 bits per heavy atom. The number of carbonyl (C=O) groups is 1. The lowest BCUT2D eigenvalue weighted by Gasteiger charge is -2.30. The Kier molecular flexibility index (Phi) is 5.49. The van der Waals surface area contributed by atoms with Gasteiger partial charge in [0.25, 0.3) is 5.91 Å². The number of nitrogens with zero attached hydrogens (tertiary/aromatic N) is 2. The average Bonchev–Trinajstić information content (AvgIpc) is 2.73. The highest BCUT2D eigenvalue weighted by Gasteiger charge is 2.29. The third-order valence-electron chi connectivity index (χ3n) is 5.99. The minimum absolute atomic E-state index is 0.122. The van der Waals surface area contributed by atoms with E-state index in [0.29, 0.717) is 25.2 Å². The van der Waals surface area contributed by atoms with Gasteiger partial charge in [0.15, 0.2) is 0 Å². The second-order valence-electron chi connectivity index (χ2n) is 8.13. The SMILES string of the molecule is Cc1ccc2c(c1)CCCN2C(=O)c1cc(S(=O)(=O)N2CCCCC2)ccc1C. The van der Waals surface area contributed by atoms with Gasteiger partial charge < -0.3 is 4.90 Å². The van der Waals surface area contributed by atoms with E-state index in [-0.39, 0.29) is 10.8 Å². The van der Waals surface area contributed by atoms with Crippen LogP contribution in [0.4, 0.5) is 5.69 Å². The highest BCUT2D eigenvalue weighted by Crippen LogP contribution is 2.31. The Morgan fingerprint density at radius 3 is 2.41 bits per heavy atom. The summed E-state index contributed by atoms with van der Waals surface area (Å²) < 4.78 is 27.7. The second kappa shape index (κ2) is 7.92. The number of benzene rings is 2. The van der Waals surface area contributed by atoms with Crippen molar-refractivity contribution in [2.75, 3.05) is 24.5 Å². The minimum Gasteiger partial charge on any atom is -0.308 e. The van der Waals surface area contributed by atoms with Gasteiger partial charge in [0.2, 0.25) is 10.0 Å². The van der Waals surface area contributed by atoms with Crippen molar-refractivity contribution in [3.05, 3.63) is 58.7 Å². The van der Waals surface area contributed by atoms with Crippen molar-refractivity contribution >= 4 is 21.6 Å². The molecule has 154 valence electrons. The number of fused-ring (bicyclic) bond motifs is 1. The van der Waals surface area contributed by atoms with Gasteiger partial charge in [-0.2, -0.15) is 4.31 Å². The van der Waals surface area contributed by atoms with Crippen molar-refractivity contribution in [1.82, 2.24) is 4.31 Å². The number of anilines is 1. The van der Waals surface area contributed by atoms with Gasteiger partial charge in [-0.25, -0.2) is 8.42 Å². The van der Waals surface area contributed by atoms with Gasteiger partial charge in [-0.15, -0.1) is 0 Å². The standard InChI is InChI=1S/C23H28N2O3S/c1-17-8-11-22-19(15-17)7-6-14-25(22)23(26)21-16-20(10-9-18(21)2)29(27,28)24-12-4-3-5-13-24/h8-11,15-16H,3-7,12-14H2,1-2H3. The zero-order valence-electron chi connectivity index (χ0n) is 17.1. The van der Waals surface area contributed by atoms with E-state index < -0.39 is 10.0 Å². The summed E-state index contributed by atoms with van der Waals surface area (Å²) in [6.07, 6.45) is 4.72. The molecule has 4 rings (SSSR count). The van der Waals surface area contributed by atoms with Crippen LogP contribution >= 0.6 is 0 Å². The molecule has 2 heterocycles. The zero-order chi connectivity index (χ0) is 20.6. The molecular formula is C23H28N2O3S. The van der Waals surface area contributed by atoms with Crippen molar-refractivity contribution in [3.63, 3.8) is 0 Å². The maximum Gasteiger partial charge on any atom is 0.258 e. The van der Waals surface area contributed by atoms with E-state index in [0.717, 1.165) is 43.4 Å². The third-order valence-corrected chi connectivity index (χ3v) is 7.89. The van der Waals surface area contributed by atoms with E-state index in [4.69, 9.17) is 0 Å². The van der Waals surface area contributed by atoms with E-state index in [9.17, 15) is 13.2 Å². The first-order chi connectivity index (χ1) is 13.9. The van der Waals surface area contributed by atoms with Gasteiger partial charge in [-0.3, -0.25) is 4.79 Å². The van der Waals surface area contributed by atoms with Gasteiger partial charge in [0, 0.05) is 30.9 Å². The first-order valence-corrected chi connectivity index (χ1v) is 11.8. The smallest absolute Gasteiger partial charge is 0.258 e. The van der Waals surface area contributed by atoms with Crippen molar-refractivity contribution < 1.29 is 13.2 Å². The molecule has 29 heavy (non-hydrogen) atoms. The summed E-state index contributed by atoms with van der Waals surface area (Å²) in [5.41, 5.74) is 4.57. The molecule has 2 aromatic carbocycles. The molecule has 0 N–H and O–H groups in total. The Balaban J connectivity index is 1.69. The van der Waals surface area contributed by atoms with Crippen molar-refractivity contribution in [1.29, 1.82) is 0 Å². The molecule has 6 heteroatoms. The Bertz CT molecular complexity index is 1040. The summed E-state index contributed by atoms with van der Waals surface area (Å²) in [6.45, 7) is 5.68. The number of aryl methyl sites for hydroxylation is 3. The number of amides is 1. The summed E-state index contributed by atoms with van der Waals surface area (Å²) in [5.74, 6) is -0.122. The first kappa shape index (κ1) is 20.1. The van der Waals surface area contributed by atoms with Crippen molar-refractivity contribution in [3.8, 4) is 0 Å². The molecule has 2 aliphatic heterocycles. The number of hydrogen-bond acceptors (Lipinski definition) is 3. The van der Waals surface area contributed by atoms with E-state index in [1.54, 1.807) is 27.4 Å². The lowest BCUT2D eigenvalue weighted by molar-refractivity contribution is 0.0984. The van der Waals surface area contributed by atoms with Crippen LogP contribution in [0, 0.1) is 13.8 Å². The maximum atomic E-state index is 13.4. The number of carbonyl (C=O) groups excluding carboxylic acids is 1. The summed E-state index contributed by atoms with van der Waals surface area (Å²) in [6, 6.07) is 11.1. The molecule has 1 amide bonds. The number of rotatable bonds is 3. The van der Waals surface area contributed by atoms with Crippen LogP contribution in [-0.4, -0.2) is 38.3 Å². The molecule has 2 aromatic rings. The molecule has 1 saturated heterocycles. The molecule has 0 aromatic heterocycles. The van der Waals surface area contributed by atoms with Crippen LogP contribution in [0.15, 0.2) is 41.3 Å². The van der Waals surface area contributed by atoms with Gasteiger partial charge in [0.05, 0.1) is 4.90 Å². The minimum atomic E-state index is -3.57. The number of hydrogen-bond donors (Lipinski definition) is 0. The Morgan fingerprint density at radius 2 is 1.66 bits per heavy atom. The van der Waals surface area contributed by atoms with Crippen LogP contribution in [-0.2, 0) is 16.4 Å². The highest BCUT2D eigenvalue weighted by atomic mass is 32.2. The van der Waals surface area contributed by atoms with Crippen LogP contribution in [0.5, 0.6) is 0 Å². The van der Waals surface area contributed by atoms with Gasteiger partial charge in [0.1, 0.15) is 0 Å². The fourth-order valence-corrected chi connectivity index (χ4v) is 5.87. The lowest BCUT2D eigenvalue weighted by atomic mass is 9.98. The fourth-order valence-electron chi connectivity index (χ4n) is 4.33. The molecule has 0 unspecified atom stereocenters. The third kappa shape index (κ3) is 3.83. The molecule has 0 aliphatic carbocycles. The summed E-state index contributed by atoms with van der Waals surface area (Å²) in [4.78, 5) is 15.5. The molecule has 0 spiro atoms. The molecule has 1 fully saturated rings. The quantitative estimate of drug-likeness (QED) is 0.764. The van der Waals surface area contributed by atoms with Gasteiger partial charge >= 0.3 is 0 Å². The Hall–Kier alpha value is -2.18. The predicted octanol–water partition coefficient (Wildman–Crippen LogP) is 4.07. The van der Waals surface area contributed by atoms with Gasteiger partial charge in [-0.05, 0) is 68.9 Å². The van der Waals surface area contributed by atoms with Crippen LogP contribution in [0.25, 0.3) is 0 Å². The summed E-state index contributed by atoms with van der Waals surface area (Å²) >= 11 is 0. The van der Waals surface area contributed by atoms with E-state index in [1.807, 2.05) is 19.1 Å². The molecule has 2 aliphatic rings. The van der Waals surface area contributed by atoms with E-state index in [1.165, 1.54) is 11.1 Å². The Labute approximate surface area is 173 Å². The molecule has 0 atom stereocenters. The lowest BCUT2D eigenvalue weighted by Crippen LogP contribution is -2.37. The van der Waals surface area contributed by atoms with E-state index >= 15 is 0 Å². The van der Waals surface area contributed by atoms with Crippen LogP contribution in [0.2, 0.25) is 0 Å². The highest BCUT2D eigenvalue weighted by molar-refractivity contribution is 7.89. The van der Waals surface area contributed by atoms with E-state index in [2.05, 4.69) is 13.0 Å². The molecule has 0 radical (unpaired) electrons. The second-order valence-corrected chi connectivity index (χ2v) is 10.1. The normalized spacial score (nSPS) is 17.8. The summed E-state index contributed by atoms with van der Waals surface area (Å²) in [5, 5.41) is 0. The molecule has 5 nitrogen and oxygen atoms in total. The first-order valence-electron chi connectivity index (χ1n) is 10.4. The zero-order valence-corrected chi connectivity index (χ0v) is 18.0. The average molecular weight is 413 g/mol. The van der Waals surface area contributed by atoms with Crippen LogP contribution in [0.3, 0.4) is 0 Å².